The summed E-state index contributed by atoms with van der Waals surface area (Å²) in [6, 6.07) is 11.8. The standard InChI is InChI=1S/C17H23N3O/c1-3-10-18-17(21)14-7-5-8-15(12-14)19-13-16-9-6-11-20(16)4-2/h5-9,11-12,19H,3-4,10,13H2,1-2H3,(H,18,21). The van der Waals surface area contributed by atoms with E-state index in [2.05, 4.69) is 40.5 Å². The molecule has 0 unspecified atom stereocenters. The van der Waals surface area contributed by atoms with Crippen molar-refractivity contribution in [3.63, 3.8) is 0 Å². The molecule has 4 nitrogen and oxygen atoms in total. The Balaban J connectivity index is 1.99. The van der Waals surface area contributed by atoms with Crippen LogP contribution >= 0.6 is 0 Å². The Labute approximate surface area is 126 Å². The summed E-state index contributed by atoms with van der Waals surface area (Å²) < 4.78 is 2.20. The summed E-state index contributed by atoms with van der Waals surface area (Å²) in [6.45, 7) is 6.59. The van der Waals surface area contributed by atoms with Gasteiger partial charge >= 0.3 is 0 Å². The highest BCUT2D eigenvalue weighted by Gasteiger charge is 2.05. The van der Waals surface area contributed by atoms with Gasteiger partial charge in [-0.3, -0.25) is 4.79 Å². The van der Waals surface area contributed by atoms with Gasteiger partial charge in [0.1, 0.15) is 0 Å². The summed E-state index contributed by atoms with van der Waals surface area (Å²) in [5, 5.41) is 6.27. The van der Waals surface area contributed by atoms with Gasteiger partial charge in [-0.2, -0.15) is 0 Å². The number of nitrogens with zero attached hydrogens (tertiary/aromatic N) is 1. The van der Waals surface area contributed by atoms with Crippen molar-refractivity contribution in [2.24, 2.45) is 0 Å². The van der Waals surface area contributed by atoms with Crippen LogP contribution < -0.4 is 10.6 Å². The Morgan fingerprint density at radius 2 is 2.05 bits per heavy atom. The maximum absolute atomic E-state index is 11.9. The zero-order valence-electron chi connectivity index (χ0n) is 12.7. The first kappa shape index (κ1) is 15.2. The number of benzene rings is 1. The van der Waals surface area contributed by atoms with Crippen molar-refractivity contribution in [2.75, 3.05) is 11.9 Å². The van der Waals surface area contributed by atoms with Crippen LogP contribution in [0.25, 0.3) is 0 Å². The Morgan fingerprint density at radius 3 is 2.81 bits per heavy atom. The van der Waals surface area contributed by atoms with Gasteiger partial charge in [-0.25, -0.2) is 0 Å². The average Bonchev–Trinajstić information content (AvgIpc) is 2.98. The number of rotatable bonds is 7. The van der Waals surface area contributed by atoms with Crippen LogP contribution in [0, 0.1) is 0 Å². The van der Waals surface area contributed by atoms with Crippen LogP contribution in [0.2, 0.25) is 0 Å². The number of anilines is 1. The largest absolute Gasteiger partial charge is 0.379 e. The van der Waals surface area contributed by atoms with Crippen LogP contribution in [-0.4, -0.2) is 17.0 Å². The van der Waals surface area contributed by atoms with Gasteiger partial charge in [0.2, 0.25) is 0 Å². The number of hydrogen-bond acceptors (Lipinski definition) is 2. The van der Waals surface area contributed by atoms with E-state index >= 15 is 0 Å². The van der Waals surface area contributed by atoms with Crippen LogP contribution in [0.3, 0.4) is 0 Å². The van der Waals surface area contributed by atoms with E-state index < -0.39 is 0 Å². The molecule has 0 atom stereocenters. The quantitative estimate of drug-likeness (QED) is 0.820. The molecule has 0 radical (unpaired) electrons. The Hall–Kier alpha value is -2.23. The summed E-state index contributed by atoms with van der Waals surface area (Å²) >= 11 is 0. The molecule has 0 fully saturated rings. The molecule has 4 heteroatoms. The molecule has 21 heavy (non-hydrogen) atoms. The topological polar surface area (TPSA) is 46.1 Å². The van der Waals surface area contributed by atoms with Crippen LogP contribution in [0.4, 0.5) is 5.69 Å². The van der Waals surface area contributed by atoms with Gasteiger partial charge in [-0.05, 0) is 43.7 Å². The van der Waals surface area contributed by atoms with Crippen molar-refractivity contribution in [3.05, 3.63) is 53.9 Å². The van der Waals surface area contributed by atoms with Crippen molar-refractivity contribution in [1.29, 1.82) is 0 Å². The first-order valence-electron chi connectivity index (χ1n) is 7.50. The second-order valence-corrected chi connectivity index (χ2v) is 4.98. The SMILES string of the molecule is CCCNC(=O)c1cccc(NCc2cccn2CC)c1. The van der Waals surface area contributed by atoms with Gasteiger partial charge in [-0.1, -0.05) is 13.0 Å². The van der Waals surface area contributed by atoms with E-state index in [1.165, 1.54) is 5.69 Å². The van der Waals surface area contributed by atoms with Gasteiger partial charge in [0.05, 0.1) is 6.54 Å². The van der Waals surface area contributed by atoms with Crippen molar-refractivity contribution in [3.8, 4) is 0 Å². The molecule has 1 heterocycles. The number of carbonyl (C=O) groups is 1. The molecule has 1 aromatic carbocycles. The van der Waals surface area contributed by atoms with Gasteiger partial charge in [0, 0.05) is 36.2 Å². The number of aromatic nitrogens is 1. The first-order chi connectivity index (χ1) is 10.2. The number of carbonyl (C=O) groups excluding carboxylic acids is 1. The minimum atomic E-state index is -0.0163. The van der Waals surface area contributed by atoms with Crippen LogP contribution in [-0.2, 0) is 13.1 Å². The monoisotopic (exact) mass is 285 g/mol. The van der Waals surface area contributed by atoms with Crippen LogP contribution in [0.15, 0.2) is 42.6 Å². The maximum atomic E-state index is 11.9. The highest BCUT2D eigenvalue weighted by atomic mass is 16.1. The molecule has 1 amide bonds. The minimum Gasteiger partial charge on any atom is -0.379 e. The van der Waals surface area contributed by atoms with E-state index in [0.29, 0.717) is 12.1 Å². The first-order valence-corrected chi connectivity index (χ1v) is 7.50. The maximum Gasteiger partial charge on any atom is 0.251 e. The fraction of sp³-hybridized carbons (Fsp3) is 0.353. The summed E-state index contributed by atoms with van der Waals surface area (Å²) in [7, 11) is 0. The zero-order chi connectivity index (χ0) is 15.1. The molecular formula is C17H23N3O. The van der Waals surface area contributed by atoms with Gasteiger partial charge in [-0.15, -0.1) is 0 Å². The Bertz CT molecular complexity index is 589. The molecule has 0 spiro atoms. The molecule has 1 aromatic heterocycles. The zero-order valence-corrected chi connectivity index (χ0v) is 12.7. The number of aryl methyl sites for hydroxylation is 1. The van der Waals surface area contributed by atoms with E-state index in [1.807, 2.05) is 31.2 Å². The van der Waals surface area contributed by atoms with Gasteiger partial charge < -0.3 is 15.2 Å². The van der Waals surface area contributed by atoms with Crippen LogP contribution in [0.1, 0.15) is 36.3 Å². The Morgan fingerprint density at radius 1 is 1.19 bits per heavy atom. The molecule has 0 aliphatic carbocycles. The summed E-state index contributed by atoms with van der Waals surface area (Å²) in [4.78, 5) is 11.9. The average molecular weight is 285 g/mol. The summed E-state index contributed by atoms with van der Waals surface area (Å²) in [5.41, 5.74) is 2.89. The second kappa shape index (κ2) is 7.53. The smallest absolute Gasteiger partial charge is 0.251 e. The summed E-state index contributed by atoms with van der Waals surface area (Å²) in [6.07, 6.45) is 3.02. The van der Waals surface area contributed by atoms with E-state index in [-0.39, 0.29) is 5.91 Å². The highest BCUT2D eigenvalue weighted by Crippen LogP contribution is 2.13. The van der Waals surface area contributed by atoms with Gasteiger partial charge in [0.15, 0.2) is 0 Å². The molecular weight excluding hydrogens is 262 g/mol. The van der Waals surface area contributed by atoms with Crippen molar-refractivity contribution in [2.45, 2.75) is 33.4 Å². The molecule has 0 saturated heterocycles. The molecule has 0 aliphatic heterocycles. The second-order valence-electron chi connectivity index (χ2n) is 4.98. The molecule has 2 N–H and O–H groups in total. The fourth-order valence-corrected chi connectivity index (χ4v) is 2.22. The van der Waals surface area contributed by atoms with Crippen molar-refractivity contribution < 1.29 is 4.79 Å². The number of nitrogens with one attached hydrogen (secondary N) is 2. The molecule has 2 aromatic rings. The number of amides is 1. The molecule has 0 aliphatic rings. The third-order valence-corrected chi connectivity index (χ3v) is 3.40. The predicted molar refractivity (Wildman–Crippen MR) is 86.5 cm³/mol. The van der Waals surface area contributed by atoms with Crippen LogP contribution in [0.5, 0.6) is 0 Å². The lowest BCUT2D eigenvalue weighted by atomic mass is 10.2. The van der Waals surface area contributed by atoms with Crippen molar-refractivity contribution >= 4 is 11.6 Å². The third-order valence-electron chi connectivity index (χ3n) is 3.40. The lowest BCUT2D eigenvalue weighted by molar-refractivity contribution is 0.0953. The Kier molecular flexibility index (Phi) is 5.43. The fourth-order valence-electron chi connectivity index (χ4n) is 2.22. The molecule has 112 valence electrons. The predicted octanol–water partition coefficient (Wildman–Crippen LogP) is 3.26. The van der Waals surface area contributed by atoms with E-state index in [9.17, 15) is 4.79 Å². The van der Waals surface area contributed by atoms with E-state index in [1.54, 1.807) is 0 Å². The number of hydrogen-bond donors (Lipinski definition) is 2. The lowest BCUT2D eigenvalue weighted by Crippen LogP contribution is -2.23. The molecule has 2 rings (SSSR count). The minimum absolute atomic E-state index is 0.0163. The lowest BCUT2D eigenvalue weighted by Gasteiger charge is -2.10. The van der Waals surface area contributed by atoms with Crippen molar-refractivity contribution in [1.82, 2.24) is 9.88 Å². The molecule has 0 saturated carbocycles. The molecule has 0 bridgehead atoms. The summed E-state index contributed by atoms with van der Waals surface area (Å²) in [5.74, 6) is -0.0163. The van der Waals surface area contributed by atoms with E-state index in [0.717, 1.165) is 25.2 Å². The normalized spacial score (nSPS) is 10.4. The highest BCUT2D eigenvalue weighted by molar-refractivity contribution is 5.95. The third kappa shape index (κ3) is 4.12. The van der Waals surface area contributed by atoms with Gasteiger partial charge in [0.25, 0.3) is 5.91 Å². The van der Waals surface area contributed by atoms with E-state index in [4.69, 9.17) is 0 Å².